The van der Waals surface area contributed by atoms with E-state index in [-0.39, 0.29) is 0 Å². The molecule has 0 heterocycles. The monoisotopic (exact) mass is 701 g/mol. The van der Waals surface area contributed by atoms with Gasteiger partial charge in [0.05, 0.1) is 31.8 Å². The summed E-state index contributed by atoms with van der Waals surface area (Å²) >= 11 is 0. The van der Waals surface area contributed by atoms with Crippen LogP contribution in [0.1, 0.15) is 194 Å². The fourth-order valence-electron chi connectivity index (χ4n) is 5.23. The molecule has 0 saturated heterocycles. The summed E-state index contributed by atoms with van der Waals surface area (Å²) in [4.78, 5) is 20.5. The first-order valence-electron chi connectivity index (χ1n) is 20.0. The van der Waals surface area contributed by atoms with Crippen molar-refractivity contribution in [2.45, 2.75) is 194 Å². The highest BCUT2D eigenvalue weighted by Gasteiger charge is 2.26. The second kappa shape index (κ2) is 44.3. The number of carboxylic acids is 2. The second-order valence-electron chi connectivity index (χ2n) is 13.7. The van der Waals surface area contributed by atoms with Gasteiger partial charge in [0.2, 0.25) is 0 Å². The van der Waals surface area contributed by atoms with Crippen LogP contribution in [-0.2, 0) is 9.59 Å². The van der Waals surface area contributed by atoms with E-state index in [2.05, 4.69) is 13.8 Å². The van der Waals surface area contributed by atoms with Crippen molar-refractivity contribution in [2.24, 2.45) is 5.41 Å². The molecule has 0 radical (unpaired) electrons. The van der Waals surface area contributed by atoms with E-state index in [9.17, 15) is 9.59 Å². The fraction of sp³-hybridized carbons (Fsp3) is 0.854. The van der Waals surface area contributed by atoms with Gasteiger partial charge in [-0.3, -0.25) is 0 Å². The van der Waals surface area contributed by atoms with Gasteiger partial charge >= 0.3 is 11.9 Å². The topological polar surface area (TPSA) is 156 Å². The number of carbonyl (C=O) groups is 2. The maximum atomic E-state index is 10.2. The van der Waals surface area contributed by atoms with Crippen LogP contribution in [0.5, 0.6) is 0 Å². The normalized spacial score (nSPS) is 11.4. The molecule has 0 aliphatic heterocycles. The number of aliphatic hydroxyl groups is 4. The molecule has 8 heteroatoms. The van der Waals surface area contributed by atoms with Gasteiger partial charge < -0.3 is 30.6 Å². The third kappa shape index (κ3) is 46.3. The Morgan fingerprint density at radius 2 is 0.592 bits per heavy atom. The van der Waals surface area contributed by atoms with Crippen LogP contribution in [0, 0.1) is 5.41 Å². The van der Waals surface area contributed by atoms with Gasteiger partial charge in [0.25, 0.3) is 0 Å². The Kier molecular flexibility index (Phi) is 46.7. The van der Waals surface area contributed by atoms with E-state index in [1.54, 1.807) is 12.2 Å². The van der Waals surface area contributed by atoms with Crippen molar-refractivity contribution in [1.82, 2.24) is 0 Å². The predicted octanol–water partition coefficient (Wildman–Crippen LogP) is 10.2. The molecule has 0 atom stereocenters. The number of carboxylic acid groups (broad SMARTS) is 2. The van der Waals surface area contributed by atoms with Gasteiger partial charge in [0.15, 0.2) is 0 Å². The first-order chi connectivity index (χ1) is 23.8. The van der Waals surface area contributed by atoms with Crippen LogP contribution in [0.3, 0.4) is 0 Å². The smallest absolute Gasteiger partial charge is 0.327 e. The number of hydrogen-bond donors (Lipinski definition) is 6. The standard InChI is InChI=1S/2C18H34O2.C5H12O4/c2*1-2-3-4-5-6-7-8-9-10-11-12-13-14-15-16-17-18(19)20;6-1-5(2-7,3-8)4-9/h2*16-17H,2-15H2,1H3,(H,19,20);6-9H,1-4H2. The average molecular weight is 701 g/mol. The zero-order valence-electron chi connectivity index (χ0n) is 31.9. The second-order valence-corrected chi connectivity index (χ2v) is 13.7. The van der Waals surface area contributed by atoms with Crippen molar-refractivity contribution in [3.63, 3.8) is 0 Å². The first kappa shape index (κ1) is 51.6. The molecule has 0 rings (SSSR count). The van der Waals surface area contributed by atoms with E-state index in [0.717, 1.165) is 25.7 Å². The maximum Gasteiger partial charge on any atom is 0.327 e. The highest BCUT2D eigenvalue weighted by molar-refractivity contribution is 5.79. The first-order valence-corrected chi connectivity index (χ1v) is 20.0. The molecule has 0 spiro atoms. The van der Waals surface area contributed by atoms with E-state index >= 15 is 0 Å². The molecule has 0 aliphatic rings. The molecule has 8 nitrogen and oxygen atoms in total. The van der Waals surface area contributed by atoms with E-state index in [4.69, 9.17) is 30.6 Å². The molecule has 0 unspecified atom stereocenters. The Labute approximate surface area is 301 Å². The Hall–Kier alpha value is -1.74. The van der Waals surface area contributed by atoms with Crippen LogP contribution < -0.4 is 0 Å². The van der Waals surface area contributed by atoms with Crippen LogP contribution in [0.4, 0.5) is 0 Å². The maximum absolute atomic E-state index is 10.2. The van der Waals surface area contributed by atoms with Crippen molar-refractivity contribution in [3.8, 4) is 0 Å². The van der Waals surface area contributed by atoms with Crippen LogP contribution in [0.2, 0.25) is 0 Å². The highest BCUT2D eigenvalue weighted by atomic mass is 16.4. The molecule has 292 valence electrons. The lowest BCUT2D eigenvalue weighted by molar-refractivity contribution is -0.132. The lowest BCUT2D eigenvalue weighted by Crippen LogP contribution is -2.37. The predicted molar refractivity (Wildman–Crippen MR) is 205 cm³/mol. The minimum atomic E-state index is -1.11. The van der Waals surface area contributed by atoms with Gasteiger partial charge in [0.1, 0.15) is 0 Å². The molecule has 49 heavy (non-hydrogen) atoms. The summed E-state index contributed by atoms with van der Waals surface area (Å²) in [6.07, 6.45) is 43.1. The third-order valence-electron chi connectivity index (χ3n) is 8.81. The molecule has 0 aromatic heterocycles. The summed E-state index contributed by atoms with van der Waals surface area (Å²) in [6, 6.07) is 0. The molecule has 6 N–H and O–H groups in total. The lowest BCUT2D eigenvalue weighted by Gasteiger charge is -2.23. The molecule has 0 aromatic rings. The van der Waals surface area contributed by atoms with E-state index in [0.29, 0.717) is 0 Å². The van der Waals surface area contributed by atoms with Gasteiger partial charge in [0, 0.05) is 12.2 Å². The van der Waals surface area contributed by atoms with Gasteiger partial charge in [-0.1, -0.05) is 180 Å². The van der Waals surface area contributed by atoms with Crippen LogP contribution in [0.15, 0.2) is 24.3 Å². The van der Waals surface area contributed by atoms with Crippen molar-refractivity contribution in [1.29, 1.82) is 0 Å². The van der Waals surface area contributed by atoms with Crippen molar-refractivity contribution < 1.29 is 40.2 Å². The molecule has 0 aromatic carbocycles. The number of aliphatic carboxylic acids is 2. The SMILES string of the molecule is CCCCCCCCCCCCCCCC=CC(=O)O.CCCCCCCCCCCCCCCC=CC(=O)O.OCC(CO)(CO)CO. The molecule has 0 fully saturated rings. The number of unbranched alkanes of at least 4 members (excludes halogenated alkanes) is 26. The zero-order chi connectivity index (χ0) is 37.1. The van der Waals surface area contributed by atoms with E-state index in [1.807, 2.05) is 0 Å². The number of aliphatic hydroxyl groups excluding tert-OH is 4. The van der Waals surface area contributed by atoms with Crippen LogP contribution in [-0.4, -0.2) is 69.0 Å². The lowest BCUT2D eigenvalue weighted by atomic mass is 9.93. The Morgan fingerprint density at radius 1 is 0.388 bits per heavy atom. The summed E-state index contributed by atoms with van der Waals surface area (Å²) in [7, 11) is 0. The highest BCUT2D eigenvalue weighted by Crippen LogP contribution is 2.15. The van der Waals surface area contributed by atoms with Crippen molar-refractivity contribution >= 4 is 11.9 Å². The molecule has 0 bridgehead atoms. The largest absolute Gasteiger partial charge is 0.478 e. The molecule has 0 aliphatic carbocycles. The van der Waals surface area contributed by atoms with Gasteiger partial charge in [-0.05, 0) is 25.7 Å². The summed E-state index contributed by atoms with van der Waals surface area (Å²) in [6.45, 7) is 2.91. The summed E-state index contributed by atoms with van der Waals surface area (Å²) in [5.41, 5.74) is -1.11. The summed E-state index contributed by atoms with van der Waals surface area (Å²) in [5, 5.41) is 50.8. The van der Waals surface area contributed by atoms with Crippen LogP contribution in [0.25, 0.3) is 0 Å². The Balaban J connectivity index is -0.000000695. The molecule has 0 saturated carbocycles. The average Bonchev–Trinajstić information content (AvgIpc) is 3.10. The number of rotatable bonds is 34. The minimum absolute atomic E-state index is 0.406. The van der Waals surface area contributed by atoms with Crippen molar-refractivity contribution in [2.75, 3.05) is 26.4 Å². The van der Waals surface area contributed by atoms with E-state index < -0.39 is 43.8 Å². The molecule has 0 amide bonds. The fourth-order valence-corrected chi connectivity index (χ4v) is 5.23. The minimum Gasteiger partial charge on any atom is -0.478 e. The van der Waals surface area contributed by atoms with Crippen LogP contribution >= 0.6 is 0 Å². The number of hydrogen-bond acceptors (Lipinski definition) is 6. The Bertz CT molecular complexity index is 651. The van der Waals surface area contributed by atoms with Gasteiger partial charge in [-0.25, -0.2) is 9.59 Å². The molecular weight excluding hydrogens is 620 g/mol. The van der Waals surface area contributed by atoms with Crippen molar-refractivity contribution in [3.05, 3.63) is 24.3 Å². The Morgan fingerprint density at radius 3 is 0.755 bits per heavy atom. The van der Waals surface area contributed by atoms with Gasteiger partial charge in [-0.15, -0.1) is 0 Å². The quantitative estimate of drug-likeness (QED) is 0.0286. The third-order valence-corrected chi connectivity index (χ3v) is 8.81. The summed E-state index contributed by atoms with van der Waals surface area (Å²) < 4.78 is 0. The zero-order valence-corrected chi connectivity index (χ0v) is 31.9. The van der Waals surface area contributed by atoms with E-state index in [1.165, 1.54) is 166 Å². The summed E-state index contributed by atoms with van der Waals surface area (Å²) in [5.74, 6) is -1.67. The number of allylic oxidation sites excluding steroid dienone is 2. The molecular formula is C41H80O8. The van der Waals surface area contributed by atoms with Gasteiger partial charge in [-0.2, -0.15) is 0 Å².